The standard InChI is InChI=1S/C47H51F3N2O8/c1-45(2,3)36-27-33(51-41(55)35-25-32-26-37(53)52(46(4,5)6)43(57)39(32)40(35)42(51)56)18-17-30(36)22-24-59-38(54)21-14-29-12-19-34(20-13-29)60-44(58)31-15-10-28(11-16-31)9-7-8-23-47(48,49)50/h10-21,27,32,35,39-40H,7-9,22-26H2,1-6H3/b21-14+. The highest BCUT2D eigenvalue weighted by Crippen LogP contribution is 2.53. The molecule has 0 N–H and O–H groups in total. The Morgan fingerprint density at radius 2 is 1.48 bits per heavy atom. The molecule has 2 heterocycles. The third-order valence-electron chi connectivity index (χ3n) is 11.4. The zero-order valence-corrected chi connectivity index (χ0v) is 34.8. The number of benzene rings is 3. The molecule has 4 unspecified atom stereocenters. The van der Waals surface area contributed by atoms with Gasteiger partial charge in [-0.2, -0.15) is 13.2 Å². The molecule has 3 aliphatic rings. The van der Waals surface area contributed by atoms with Gasteiger partial charge in [0.05, 0.1) is 35.6 Å². The van der Waals surface area contributed by atoms with Crippen molar-refractivity contribution in [3.8, 4) is 5.75 Å². The van der Waals surface area contributed by atoms with Crippen molar-refractivity contribution >= 4 is 47.3 Å². The molecule has 0 spiro atoms. The monoisotopic (exact) mass is 828 g/mol. The predicted molar refractivity (Wildman–Crippen MR) is 218 cm³/mol. The lowest BCUT2D eigenvalue weighted by Gasteiger charge is -2.41. The Labute approximate surface area is 348 Å². The number of rotatable bonds is 12. The Bertz CT molecular complexity index is 2180. The number of imide groups is 2. The number of likely N-dealkylation sites (tertiary alicyclic amines) is 1. The second-order valence-electron chi connectivity index (χ2n) is 17.9. The molecule has 4 amide bonds. The first-order chi connectivity index (χ1) is 28.1. The fraction of sp³-hybridized carbons (Fsp3) is 0.447. The number of aryl methyl sites for hydroxylation is 1. The average Bonchev–Trinajstić information content (AvgIpc) is 3.66. The SMILES string of the molecule is CC(C)(C)c1cc(N2C(=O)C3CC4CC(=O)N(C(C)(C)C)C(=O)C4C3C2=O)ccc1CCOC(=O)/C=C/c1ccc(OC(=O)c2ccc(CCCCC(F)(F)F)cc2)cc1. The van der Waals surface area contributed by atoms with E-state index in [0.717, 1.165) is 16.7 Å². The highest BCUT2D eigenvalue weighted by atomic mass is 19.4. The number of carbonyl (C=O) groups is 6. The van der Waals surface area contributed by atoms with Gasteiger partial charge in [-0.05, 0) is 123 Å². The molecule has 10 nitrogen and oxygen atoms in total. The van der Waals surface area contributed by atoms with E-state index in [9.17, 15) is 41.9 Å². The Morgan fingerprint density at radius 1 is 0.800 bits per heavy atom. The molecule has 6 rings (SSSR count). The van der Waals surface area contributed by atoms with Gasteiger partial charge in [0.15, 0.2) is 0 Å². The lowest BCUT2D eigenvalue weighted by atomic mass is 9.80. The number of esters is 2. The zero-order valence-electron chi connectivity index (χ0n) is 34.8. The maximum absolute atomic E-state index is 14.0. The summed E-state index contributed by atoms with van der Waals surface area (Å²) in [5, 5.41) is 0. The van der Waals surface area contributed by atoms with Gasteiger partial charge in [0.25, 0.3) is 0 Å². The number of nitrogens with zero attached hydrogens (tertiary/aromatic N) is 2. The van der Waals surface area contributed by atoms with Gasteiger partial charge in [0, 0.05) is 30.9 Å². The Morgan fingerprint density at radius 3 is 2.12 bits per heavy atom. The fourth-order valence-electron chi connectivity index (χ4n) is 8.65. The molecule has 2 saturated heterocycles. The third kappa shape index (κ3) is 9.88. The minimum absolute atomic E-state index is 0.0451. The van der Waals surface area contributed by atoms with E-state index in [1.807, 2.05) is 32.9 Å². The minimum atomic E-state index is -4.16. The summed E-state index contributed by atoms with van der Waals surface area (Å²) in [4.78, 5) is 82.2. The molecule has 60 heavy (non-hydrogen) atoms. The fourth-order valence-corrected chi connectivity index (χ4v) is 8.65. The molecule has 0 aromatic heterocycles. The van der Waals surface area contributed by atoms with E-state index >= 15 is 0 Å². The molecule has 3 aromatic carbocycles. The second kappa shape index (κ2) is 17.2. The molecular weight excluding hydrogens is 778 g/mol. The van der Waals surface area contributed by atoms with Crippen molar-refractivity contribution < 1.29 is 51.4 Å². The van der Waals surface area contributed by atoms with Crippen LogP contribution in [-0.4, -0.2) is 58.8 Å². The van der Waals surface area contributed by atoms with Gasteiger partial charge in [0.1, 0.15) is 5.75 Å². The summed E-state index contributed by atoms with van der Waals surface area (Å²) in [7, 11) is 0. The number of unbranched alkanes of at least 4 members (excludes halogenated alkanes) is 1. The summed E-state index contributed by atoms with van der Waals surface area (Å²) in [6.45, 7) is 11.5. The van der Waals surface area contributed by atoms with Gasteiger partial charge in [-0.25, -0.2) is 9.59 Å². The first-order valence-electron chi connectivity index (χ1n) is 20.3. The summed E-state index contributed by atoms with van der Waals surface area (Å²) < 4.78 is 48.0. The number of carbonyl (C=O) groups excluding carboxylic acids is 6. The van der Waals surface area contributed by atoms with Gasteiger partial charge in [-0.3, -0.25) is 29.0 Å². The van der Waals surface area contributed by atoms with Crippen molar-refractivity contribution in [1.29, 1.82) is 0 Å². The molecule has 3 fully saturated rings. The lowest BCUT2D eigenvalue weighted by molar-refractivity contribution is -0.162. The van der Waals surface area contributed by atoms with Crippen LogP contribution >= 0.6 is 0 Å². The molecule has 2 aliphatic heterocycles. The van der Waals surface area contributed by atoms with Crippen molar-refractivity contribution in [2.24, 2.45) is 23.7 Å². The summed E-state index contributed by atoms with van der Waals surface area (Å²) in [5.41, 5.74) is 2.82. The summed E-state index contributed by atoms with van der Waals surface area (Å²) >= 11 is 0. The topological polar surface area (TPSA) is 127 Å². The van der Waals surface area contributed by atoms with Crippen molar-refractivity contribution in [2.75, 3.05) is 11.5 Å². The maximum atomic E-state index is 14.0. The van der Waals surface area contributed by atoms with Crippen LogP contribution in [0.25, 0.3) is 6.08 Å². The van der Waals surface area contributed by atoms with Crippen LogP contribution in [-0.2, 0) is 47.0 Å². The average molecular weight is 829 g/mol. The minimum Gasteiger partial charge on any atom is -0.462 e. The number of fused-ring (bicyclic) bond motifs is 3. The first-order valence-corrected chi connectivity index (χ1v) is 20.3. The predicted octanol–water partition coefficient (Wildman–Crippen LogP) is 8.58. The largest absolute Gasteiger partial charge is 0.462 e. The number of hydrogen-bond donors (Lipinski definition) is 0. The van der Waals surface area contributed by atoms with Gasteiger partial charge in [-0.15, -0.1) is 0 Å². The summed E-state index contributed by atoms with van der Waals surface area (Å²) in [6.07, 6.45) is -0.376. The highest BCUT2D eigenvalue weighted by Gasteiger charge is 2.63. The van der Waals surface area contributed by atoms with Gasteiger partial charge in [-0.1, -0.05) is 51.1 Å². The first kappa shape index (κ1) is 44.0. The van der Waals surface area contributed by atoms with Crippen LogP contribution in [0.2, 0.25) is 0 Å². The molecule has 1 saturated carbocycles. The molecular formula is C47H51F3N2O8. The van der Waals surface area contributed by atoms with Crippen LogP contribution in [0.1, 0.15) is 106 Å². The normalized spacial score (nSPS) is 20.8. The Balaban J connectivity index is 1.01. The van der Waals surface area contributed by atoms with Crippen LogP contribution in [0, 0.1) is 23.7 Å². The molecule has 0 bridgehead atoms. The zero-order chi connectivity index (χ0) is 43.7. The molecule has 13 heteroatoms. The molecule has 318 valence electrons. The van der Waals surface area contributed by atoms with E-state index in [1.165, 1.54) is 15.9 Å². The number of ether oxygens (including phenoxy) is 2. The van der Waals surface area contributed by atoms with Crippen molar-refractivity contribution in [2.45, 2.75) is 104 Å². The van der Waals surface area contributed by atoms with Crippen molar-refractivity contribution in [3.05, 3.63) is 101 Å². The number of alkyl halides is 3. The van der Waals surface area contributed by atoms with Crippen LogP contribution < -0.4 is 9.64 Å². The number of amides is 4. The van der Waals surface area contributed by atoms with Crippen molar-refractivity contribution in [3.63, 3.8) is 0 Å². The third-order valence-corrected chi connectivity index (χ3v) is 11.4. The van der Waals surface area contributed by atoms with Gasteiger partial charge < -0.3 is 9.47 Å². The lowest BCUT2D eigenvalue weighted by Crippen LogP contribution is -2.57. The molecule has 0 radical (unpaired) electrons. The molecule has 1 aliphatic carbocycles. The molecule has 4 atom stereocenters. The van der Waals surface area contributed by atoms with E-state index in [1.54, 1.807) is 81.4 Å². The van der Waals surface area contributed by atoms with E-state index < -0.39 is 59.2 Å². The summed E-state index contributed by atoms with van der Waals surface area (Å²) in [5.74, 6) is -4.81. The number of anilines is 1. The van der Waals surface area contributed by atoms with Crippen LogP contribution in [0.4, 0.5) is 18.9 Å². The highest BCUT2D eigenvalue weighted by molar-refractivity contribution is 6.23. The number of hydrogen-bond acceptors (Lipinski definition) is 8. The van der Waals surface area contributed by atoms with Crippen LogP contribution in [0.15, 0.2) is 72.8 Å². The van der Waals surface area contributed by atoms with E-state index in [-0.39, 0.29) is 48.8 Å². The summed E-state index contributed by atoms with van der Waals surface area (Å²) in [6, 6.07) is 18.4. The number of halogens is 3. The Kier molecular flexibility index (Phi) is 12.6. The smallest absolute Gasteiger partial charge is 0.389 e. The van der Waals surface area contributed by atoms with E-state index in [4.69, 9.17) is 9.47 Å². The van der Waals surface area contributed by atoms with Crippen molar-refractivity contribution in [1.82, 2.24) is 4.90 Å². The van der Waals surface area contributed by atoms with Gasteiger partial charge in [0.2, 0.25) is 23.6 Å². The van der Waals surface area contributed by atoms with E-state index in [2.05, 4.69) is 0 Å². The number of piperidine rings is 1. The van der Waals surface area contributed by atoms with Crippen LogP contribution in [0.5, 0.6) is 5.75 Å². The second-order valence-corrected chi connectivity index (χ2v) is 17.9. The van der Waals surface area contributed by atoms with E-state index in [0.29, 0.717) is 42.5 Å². The molecule has 3 aromatic rings. The van der Waals surface area contributed by atoms with Gasteiger partial charge >= 0.3 is 18.1 Å². The van der Waals surface area contributed by atoms with Crippen LogP contribution in [0.3, 0.4) is 0 Å². The quantitative estimate of drug-likeness (QED) is 0.0585. The Hall–Kier alpha value is -5.59. The maximum Gasteiger partial charge on any atom is 0.389 e.